The molecule has 0 spiro atoms. The minimum Gasteiger partial charge on any atom is -0.356 e. The molecule has 0 saturated heterocycles. The number of rotatable bonds is 7. The zero-order valence-corrected chi connectivity index (χ0v) is 7.66. The molecule has 0 bridgehead atoms. The monoisotopic (exact) mass is 175 g/mol. The third-order valence-corrected chi connectivity index (χ3v) is 1.68. The minimum atomic E-state index is -0.348. The van der Waals surface area contributed by atoms with Crippen LogP contribution in [0.2, 0.25) is 0 Å². The summed E-state index contributed by atoms with van der Waals surface area (Å²) in [6.07, 6.45) is 2.88. The number of ether oxygens (including phenoxy) is 2. The Kier molecular flexibility index (Phi) is 6.94. The van der Waals surface area contributed by atoms with Gasteiger partial charge in [0.05, 0.1) is 6.04 Å². The molecule has 72 valence electrons. The van der Waals surface area contributed by atoms with Crippen molar-refractivity contribution in [3.63, 3.8) is 0 Å². The molecule has 0 amide bonds. The number of carbonyl (C=O) groups excluding carboxylic acids is 1. The highest BCUT2D eigenvalue weighted by Crippen LogP contribution is 2.05. The zero-order valence-electron chi connectivity index (χ0n) is 7.66. The summed E-state index contributed by atoms with van der Waals surface area (Å²) in [6, 6.07) is -0.348. The standard InChI is InChI=1S/C8H17NO3/c1-11-8(12-2)5-3-4-7(9)6-10/h6-8H,3-5,9H2,1-2H3/t7-/m1/s1. The predicted octanol–water partition coefficient (Wildman–Crippen LogP) is 0.302. The van der Waals surface area contributed by atoms with E-state index in [1.54, 1.807) is 14.2 Å². The Morgan fingerprint density at radius 2 is 1.92 bits per heavy atom. The van der Waals surface area contributed by atoms with Gasteiger partial charge >= 0.3 is 0 Å². The van der Waals surface area contributed by atoms with E-state index in [2.05, 4.69) is 0 Å². The molecule has 2 N–H and O–H groups in total. The Labute approximate surface area is 73.0 Å². The van der Waals surface area contributed by atoms with Crippen LogP contribution in [0.5, 0.6) is 0 Å². The van der Waals surface area contributed by atoms with Crippen molar-refractivity contribution >= 4 is 6.29 Å². The van der Waals surface area contributed by atoms with Gasteiger partial charge in [-0.15, -0.1) is 0 Å². The third-order valence-electron chi connectivity index (χ3n) is 1.68. The van der Waals surface area contributed by atoms with Crippen LogP contribution in [0.4, 0.5) is 0 Å². The van der Waals surface area contributed by atoms with E-state index in [0.29, 0.717) is 6.42 Å². The van der Waals surface area contributed by atoms with Crippen LogP contribution in [0.15, 0.2) is 0 Å². The number of aldehydes is 1. The van der Waals surface area contributed by atoms with Gasteiger partial charge in [0, 0.05) is 14.2 Å². The second-order valence-corrected chi connectivity index (χ2v) is 2.63. The largest absolute Gasteiger partial charge is 0.356 e. The molecule has 0 aliphatic carbocycles. The Balaban J connectivity index is 3.34. The number of hydrogen-bond acceptors (Lipinski definition) is 4. The van der Waals surface area contributed by atoms with Gasteiger partial charge in [-0.25, -0.2) is 0 Å². The van der Waals surface area contributed by atoms with E-state index in [1.807, 2.05) is 0 Å². The van der Waals surface area contributed by atoms with E-state index in [-0.39, 0.29) is 12.3 Å². The summed E-state index contributed by atoms with van der Waals surface area (Å²) in [6.45, 7) is 0. The summed E-state index contributed by atoms with van der Waals surface area (Å²) in [4.78, 5) is 10.1. The van der Waals surface area contributed by atoms with Gasteiger partial charge in [0.2, 0.25) is 0 Å². The highest BCUT2D eigenvalue weighted by Gasteiger charge is 2.06. The van der Waals surface area contributed by atoms with E-state index < -0.39 is 0 Å². The van der Waals surface area contributed by atoms with Crippen LogP contribution in [0.1, 0.15) is 19.3 Å². The maximum atomic E-state index is 10.1. The molecular weight excluding hydrogens is 158 g/mol. The smallest absolute Gasteiger partial charge is 0.156 e. The first-order valence-electron chi connectivity index (χ1n) is 4.01. The van der Waals surface area contributed by atoms with Crippen molar-refractivity contribution in [2.45, 2.75) is 31.6 Å². The average molecular weight is 175 g/mol. The minimum absolute atomic E-state index is 0.177. The number of carbonyl (C=O) groups is 1. The van der Waals surface area contributed by atoms with Crippen molar-refractivity contribution in [2.75, 3.05) is 14.2 Å². The number of methoxy groups -OCH3 is 2. The molecule has 0 aliphatic rings. The average Bonchev–Trinajstić information content (AvgIpc) is 2.12. The van der Waals surface area contributed by atoms with E-state index in [9.17, 15) is 4.79 Å². The van der Waals surface area contributed by atoms with Gasteiger partial charge in [0.1, 0.15) is 6.29 Å². The Hall–Kier alpha value is -0.450. The van der Waals surface area contributed by atoms with Crippen LogP contribution in [0, 0.1) is 0 Å². The lowest BCUT2D eigenvalue weighted by molar-refractivity contribution is -0.111. The molecule has 0 aromatic rings. The Morgan fingerprint density at radius 1 is 1.33 bits per heavy atom. The van der Waals surface area contributed by atoms with Gasteiger partial charge in [-0.1, -0.05) is 0 Å². The highest BCUT2D eigenvalue weighted by atomic mass is 16.7. The summed E-state index contributed by atoms with van der Waals surface area (Å²) >= 11 is 0. The summed E-state index contributed by atoms with van der Waals surface area (Å²) in [7, 11) is 3.18. The third kappa shape index (κ3) is 5.23. The van der Waals surface area contributed by atoms with Crippen molar-refractivity contribution in [1.29, 1.82) is 0 Å². The van der Waals surface area contributed by atoms with Crippen LogP contribution in [-0.2, 0) is 14.3 Å². The molecule has 0 rings (SSSR count). The van der Waals surface area contributed by atoms with Gasteiger partial charge in [-0.05, 0) is 19.3 Å². The second-order valence-electron chi connectivity index (χ2n) is 2.63. The maximum absolute atomic E-state index is 10.1. The van der Waals surface area contributed by atoms with Crippen molar-refractivity contribution in [3.8, 4) is 0 Å². The first kappa shape index (κ1) is 11.6. The summed E-state index contributed by atoms with van der Waals surface area (Å²) in [5, 5.41) is 0. The lowest BCUT2D eigenvalue weighted by Crippen LogP contribution is -2.22. The molecule has 0 saturated carbocycles. The van der Waals surface area contributed by atoms with E-state index in [4.69, 9.17) is 15.2 Å². The van der Waals surface area contributed by atoms with Crippen LogP contribution < -0.4 is 5.73 Å². The normalized spacial score (nSPS) is 13.3. The fourth-order valence-electron chi connectivity index (χ4n) is 0.920. The molecule has 0 unspecified atom stereocenters. The van der Waals surface area contributed by atoms with Gasteiger partial charge < -0.3 is 20.0 Å². The van der Waals surface area contributed by atoms with Crippen LogP contribution in [0.25, 0.3) is 0 Å². The molecule has 4 heteroatoms. The molecule has 1 atom stereocenters. The molecule has 4 nitrogen and oxygen atoms in total. The van der Waals surface area contributed by atoms with E-state index >= 15 is 0 Å². The Bertz CT molecular complexity index is 115. The molecular formula is C8H17NO3. The lowest BCUT2D eigenvalue weighted by atomic mass is 10.1. The van der Waals surface area contributed by atoms with Crippen LogP contribution in [0.3, 0.4) is 0 Å². The predicted molar refractivity (Wildman–Crippen MR) is 45.7 cm³/mol. The highest BCUT2D eigenvalue weighted by molar-refractivity contribution is 5.56. The van der Waals surface area contributed by atoms with Crippen molar-refractivity contribution in [1.82, 2.24) is 0 Å². The summed E-state index contributed by atoms with van der Waals surface area (Å²) < 4.78 is 9.93. The second kappa shape index (κ2) is 7.21. The summed E-state index contributed by atoms with van der Waals surface area (Å²) in [5.74, 6) is 0. The zero-order chi connectivity index (χ0) is 9.40. The van der Waals surface area contributed by atoms with Gasteiger partial charge in [-0.2, -0.15) is 0 Å². The fraction of sp³-hybridized carbons (Fsp3) is 0.875. The molecule has 0 fully saturated rings. The molecule has 12 heavy (non-hydrogen) atoms. The number of hydrogen-bond donors (Lipinski definition) is 1. The lowest BCUT2D eigenvalue weighted by Gasteiger charge is -2.13. The first-order chi connectivity index (χ1) is 5.74. The van der Waals surface area contributed by atoms with Gasteiger partial charge in [0.25, 0.3) is 0 Å². The van der Waals surface area contributed by atoms with Crippen molar-refractivity contribution in [3.05, 3.63) is 0 Å². The molecule has 0 radical (unpaired) electrons. The van der Waals surface area contributed by atoms with Crippen molar-refractivity contribution in [2.24, 2.45) is 5.73 Å². The van der Waals surface area contributed by atoms with Crippen LogP contribution in [-0.4, -0.2) is 32.8 Å². The van der Waals surface area contributed by atoms with Crippen LogP contribution >= 0.6 is 0 Å². The fourth-order valence-corrected chi connectivity index (χ4v) is 0.920. The Morgan fingerprint density at radius 3 is 2.33 bits per heavy atom. The molecule has 0 heterocycles. The quantitative estimate of drug-likeness (QED) is 0.446. The molecule has 0 aliphatic heterocycles. The van der Waals surface area contributed by atoms with Crippen molar-refractivity contribution < 1.29 is 14.3 Å². The topological polar surface area (TPSA) is 61.5 Å². The van der Waals surface area contributed by atoms with Gasteiger partial charge in [-0.3, -0.25) is 0 Å². The molecule has 0 aromatic heterocycles. The van der Waals surface area contributed by atoms with Gasteiger partial charge in [0.15, 0.2) is 6.29 Å². The van der Waals surface area contributed by atoms with E-state index in [0.717, 1.165) is 19.1 Å². The maximum Gasteiger partial charge on any atom is 0.156 e. The SMILES string of the molecule is COC(CCC[C@@H](N)C=O)OC. The van der Waals surface area contributed by atoms with E-state index in [1.165, 1.54) is 0 Å². The first-order valence-corrected chi connectivity index (χ1v) is 4.01. The summed E-state index contributed by atoms with van der Waals surface area (Å²) in [5.41, 5.74) is 5.39. The molecule has 0 aromatic carbocycles. The number of nitrogens with two attached hydrogens (primary N) is 1.